The molecule has 0 bridgehead atoms. The molecule has 0 fully saturated rings. The number of ketones is 1. The van der Waals surface area contributed by atoms with E-state index in [1.54, 1.807) is 30.3 Å². The number of unbranched alkanes of at least 4 members (excludes halogenated alkanes) is 1. The van der Waals surface area contributed by atoms with Crippen LogP contribution in [0.3, 0.4) is 0 Å². The number of carbonyl (C=O) groups is 2. The largest absolute Gasteiger partial charge is 0.363 e. The number of rotatable bonds is 3. The third kappa shape index (κ3) is 5.62. The summed E-state index contributed by atoms with van der Waals surface area (Å²) in [4.78, 5) is 21.2. The van der Waals surface area contributed by atoms with Crippen LogP contribution < -0.4 is 5.73 Å². The number of primary amides is 1. The maximum atomic E-state index is 10.9. The fourth-order valence-electron chi connectivity index (χ4n) is 0.732. The second kappa shape index (κ2) is 7.74. The fourth-order valence-corrected chi connectivity index (χ4v) is 0.732. The van der Waals surface area contributed by atoms with Crippen LogP contribution in [0.25, 0.3) is 0 Å². The van der Waals surface area contributed by atoms with Crippen LogP contribution in [0.15, 0.2) is 30.3 Å². The lowest BCUT2D eigenvalue weighted by Crippen LogP contribution is -2.22. The van der Waals surface area contributed by atoms with Crippen molar-refractivity contribution in [2.45, 2.75) is 26.7 Å². The molecule has 0 saturated carbocycles. The van der Waals surface area contributed by atoms with Gasteiger partial charge in [-0.25, -0.2) is 0 Å². The molecule has 0 heterocycles. The Morgan fingerprint density at radius 2 is 1.53 bits per heavy atom. The Hall–Kier alpha value is -1.64. The highest BCUT2D eigenvalue weighted by Gasteiger charge is 2.09. The van der Waals surface area contributed by atoms with Crippen LogP contribution in [0.5, 0.6) is 0 Å². The minimum Gasteiger partial charge on any atom is -0.363 e. The van der Waals surface area contributed by atoms with Crippen molar-refractivity contribution in [2.75, 3.05) is 0 Å². The fraction of sp³-hybridized carbons (Fsp3) is 0.333. The molecule has 0 aromatic heterocycles. The van der Waals surface area contributed by atoms with Gasteiger partial charge in [-0.3, -0.25) is 9.59 Å². The number of hydrogen-bond acceptors (Lipinski definition) is 2. The molecule has 15 heavy (non-hydrogen) atoms. The molecular formula is C12H17NO2. The lowest BCUT2D eigenvalue weighted by molar-refractivity contribution is -0.114. The quantitative estimate of drug-likeness (QED) is 0.610. The van der Waals surface area contributed by atoms with Gasteiger partial charge in [0.2, 0.25) is 5.78 Å². The van der Waals surface area contributed by atoms with Gasteiger partial charge in [-0.15, -0.1) is 0 Å². The number of benzene rings is 1. The van der Waals surface area contributed by atoms with E-state index < -0.39 is 11.7 Å². The molecular weight excluding hydrogens is 190 g/mol. The Morgan fingerprint density at radius 1 is 1.07 bits per heavy atom. The van der Waals surface area contributed by atoms with E-state index in [2.05, 4.69) is 13.8 Å². The highest BCUT2D eigenvalue weighted by atomic mass is 16.2. The maximum Gasteiger partial charge on any atom is 0.289 e. The van der Waals surface area contributed by atoms with E-state index in [-0.39, 0.29) is 0 Å². The first-order chi connectivity index (χ1) is 7.13. The second-order valence-electron chi connectivity index (χ2n) is 3.06. The molecule has 0 saturated heterocycles. The molecule has 3 nitrogen and oxygen atoms in total. The lowest BCUT2D eigenvalue weighted by Gasteiger charge is -1.92. The number of hydrogen-bond donors (Lipinski definition) is 1. The van der Waals surface area contributed by atoms with E-state index >= 15 is 0 Å². The summed E-state index contributed by atoms with van der Waals surface area (Å²) in [7, 11) is 0. The zero-order valence-corrected chi connectivity index (χ0v) is 9.19. The molecule has 1 amide bonds. The highest BCUT2D eigenvalue weighted by molar-refractivity contribution is 6.42. The van der Waals surface area contributed by atoms with Gasteiger partial charge >= 0.3 is 0 Å². The summed E-state index contributed by atoms with van der Waals surface area (Å²) in [6.07, 6.45) is 2.64. The molecule has 1 rings (SSSR count). The third-order valence-electron chi connectivity index (χ3n) is 1.76. The van der Waals surface area contributed by atoms with Crippen LogP contribution in [0.4, 0.5) is 0 Å². The minimum absolute atomic E-state index is 0.333. The summed E-state index contributed by atoms with van der Waals surface area (Å²) in [5.41, 5.74) is 5.11. The molecule has 1 aromatic carbocycles. The van der Waals surface area contributed by atoms with E-state index in [9.17, 15) is 9.59 Å². The molecule has 2 N–H and O–H groups in total. The summed E-state index contributed by atoms with van der Waals surface area (Å²) >= 11 is 0. The molecule has 0 spiro atoms. The molecule has 0 aliphatic carbocycles. The van der Waals surface area contributed by atoms with E-state index in [1.165, 1.54) is 12.8 Å². The van der Waals surface area contributed by atoms with Crippen molar-refractivity contribution in [1.82, 2.24) is 0 Å². The third-order valence-corrected chi connectivity index (χ3v) is 1.76. The average Bonchev–Trinajstić information content (AvgIpc) is 2.29. The van der Waals surface area contributed by atoms with Crippen LogP contribution in [0, 0.1) is 0 Å². The van der Waals surface area contributed by atoms with Crippen LogP contribution in [0.2, 0.25) is 0 Å². The zero-order chi connectivity index (χ0) is 11.7. The smallest absolute Gasteiger partial charge is 0.289 e. The van der Waals surface area contributed by atoms with E-state index in [4.69, 9.17) is 5.73 Å². The van der Waals surface area contributed by atoms with Crippen LogP contribution in [-0.4, -0.2) is 11.7 Å². The van der Waals surface area contributed by atoms with Gasteiger partial charge < -0.3 is 5.73 Å². The number of Topliss-reactive ketones (excluding diaryl/α,β-unsaturated/α-hetero) is 1. The van der Waals surface area contributed by atoms with Gasteiger partial charge in [-0.1, -0.05) is 57.0 Å². The molecule has 82 valence electrons. The Bertz CT molecular complexity index is 305. The van der Waals surface area contributed by atoms with Gasteiger partial charge in [0, 0.05) is 5.56 Å². The Labute approximate surface area is 90.3 Å². The Balaban J connectivity index is 0.000000423. The van der Waals surface area contributed by atoms with Crippen LogP contribution in [0.1, 0.15) is 37.0 Å². The predicted molar refractivity (Wildman–Crippen MR) is 60.5 cm³/mol. The van der Waals surface area contributed by atoms with Crippen molar-refractivity contribution < 1.29 is 9.59 Å². The first-order valence-electron chi connectivity index (χ1n) is 5.02. The number of carbonyl (C=O) groups excluding carboxylic acids is 2. The van der Waals surface area contributed by atoms with E-state index in [0.29, 0.717) is 5.56 Å². The lowest BCUT2D eigenvalue weighted by atomic mass is 10.1. The molecule has 0 aliphatic heterocycles. The van der Waals surface area contributed by atoms with Gasteiger partial charge in [0.25, 0.3) is 5.91 Å². The van der Waals surface area contributed by atoms with Crippen molar-refractivity contribution in [3.8, 4) is 0 Å². The molecule has 0 unspecified atom stereocenters. The van der Waals surface area contributed by atoms with Gasteiger partial charge in [-0.2, -0.15) is 0 Å². The molecule has 1 aromatic rings. The topological polar surface area (TPSA) is 60.2 Å². The predicted octanol–water partition coefficient (Wildman–Crippen LogP) is 2.16. The second-order valence-corrected chi connectivity index (χ2v) is 3.06. The first-order valence-corrected chi connectivity index (χ1v) is 5.02. The summed E-state index contributed by atoms with van der Waals surface area (Å²) in [6.45, 7) is 4.36. The standard InChI is InChI=1S/C8H7NO2.C4H10/c9-8(11)7(10)6-4-2-1-3-5-6;1-3-4-2/h1-5H,(H2,9,11);3-4H2,1-2H3. The molecule has 0 aliphatic rings. The monoisotopic (exact) mass is 207 g/mol. The van der Waals surface area contributed by atoms with Crippen molar-refractivity contribution in [1.29, 1.82) is 0 Å². The van der Waals surface area contributed by atoms with Crippen molar-refractivity contribution in [3.63, 3.8) is 0 Å². The Morgan fingerprint density at radius 3 is 1.87 bits per heavy atom. The maximum absolute atomic E-state index is 10.9. The Kier molecular flexibility index (Phi) is 6.89. The van der Waals surface area contributed by atoms with E-state index in [0.717, 1.165) is 0 Å². The summed E-state index contributed by atoms with van der Waals surface area (Å²) in [5, 5.41) is 0. The number of nitrogens with two attached hydrogens (primary N) is 1. The minimum atomic E-state index is -0.920. The average molecular weight is 207 g/mol. The zero-order valence-electron chi connectivity index (χ0n) is 9.19. The summed E-state index contributed by atoms with van der Waals surface area (Å²) in [5.74, 6) is -1.57. The van der Waals surface area contributed by atoms with Gasteiger partial charge in [-0.05, 0) is 0 Å². The van der Waals surface area contributed by atoms with Gasteiger partial charge in [0.05, 0.1) is 0 Å². The van der Waals surface area contributed by atoms with Crippen molar-refractivity contribution >= 4 is 11.7 Å². The van der Waals surface area contributed by atoms with Crippen molar-refractivity contribution in [2.24, 2.45) is 5.73 Å². The summed E-state index contributed by atoms with van der Waals surface area (Å²) < 4.78 is 0. The van der Waals surface area contributed by atoms with Gasteiger partial charge in [0.1, 0.15) is 0 Å². The number of amides is 1. The summed E-state index contributed by atoms with van der Waals surface area (Å²) in [6, 6.07) is 8.21. The van der Waals surface area contributed by atoms with Crippen LogP contribution >= 0.6 is 0 Å². The SMILES string of the molecule is CCCC.NC(=O)C(=O)c1ccccc1. The first kappa shape index (κ1) is 13.4. The molecule has 3 heteroatoms. The van der Waals surface area contributed by atoms with Gasteiger partial charge in [0.15, 0.2) is 0 Å². The van der Waals surface area contributed by atoms with Crippen molar-refractivity contribution in [3.05, 3.63) is 35.9 Å². The van der Waals surface area contributed by atoms with E-state index in [1.807, 2.05) is 0 Å². The molecule has 0 atom stereocenters. The molecule has 0 radical (unpaired) electrons. The highest BCUT2D eigenvalue weighted by Crippen LogP contribution is 1.98. The van der Waals surface area contributed by atoms with Crippen LogP contribution in [-0.2, 0) is 4.79 Å². The normalized spacial score (nSPS) is 8.67.